The smallest absolute Gasteiger partial charge is 0.338 e. The predicted octanol–water partition coefficient (Wildman–Crippen LogP) is 3.61. The lowest BCUT2D eigenvalue weighted by Gasteiger charge is -2.21. The van der Waals surface area contributed by atoms with Crippen LogP contribution in [0.1, 0.15) is 47.2 Å². The Bertz CT molecular complexity index is 1050. The summed E-state index contributed by atoms with van der Waals surface area (Å²) in [7, 11) is -3.59. The minimum Gasteiger partial charge on any atom is -0.467 e. The van der Waals surface area contributed by atoms with E-state index in [1.165, 1.54) is 40.7 Å². The van der Waals surface area contributed by atoms with Gasteiger partial charge in [-0.25, -0.2) is 17.6 Å². The molecule has 2 heterocycles. The van der Waals surface area contributed by atoms with Gasteiger partial charge in [-0.15, -0.1) is 0 Å². The first-order valence-electron chi connectivity index (χ1n) is 10.2. The standard InChI is InChI=1S/C22H24FNO6S/c23-19-11-17-13-28-15-30-21(17)18(12-19)14-29-22(25)16-5-7-20(8-6-16)31(26,27)24-9-3-1-2-4-10-24/h5-8,11-12H,1-4,9-10,13-15H2. The maximum absolute atomic E-state index is 13.8. The fourth-order valence-corrected chi connectivity index (χ4v) is 5.30. The molecule has 1 saturated heterocycles. The Morgan fingerprint density at radius 3 is 2.48 bits per heavy atom. The number of benzene rings is 2. The molecule has 2 aromatic carbocycles. The molecule has 2 aliphatic heterocycles. The largest absolute Gasteiger partial charge is 0.467 e. The van der Waals surface area contributed by atoms with Crippen molar-refractivity contribution < 1.29 is 31.8 Å². The van der Waals surface area contributed by atoms with Crippen LogP contribution in [0.15, 0.2) is 41.3 Å². The summed E-state index contributed by atoms with van der Waals surface area (Å²) in [5, 5.41) is 0. The number of halogens is 1. The van der Waals surface area contributed by atoms with E-state index in [-0.39, 0.29) is 30.5 Å². The Morgan fingerprint density at radius 1 is 1.06 bits per heavy atom. The first-order valence-corrected chi connectivity index (χ1v) is 11.7. The average Bonchev–Trinajstić information content (AvgIpc) is 3.07. The van der Waals surface area contributed by atoms with Crippen molar-refractivity contribution in [2.45, 2.75) is 43.8 Å². The van der Waals surface area contributed by atoms with Crippen LogP contribution in [0.2, 0.25) is 0 Å². The number of carbonyl (C=O) groups excluding carboxylic acids is 1. The van der Waals surface area contributed by atoms with Crippen molar-refractivity contribution >= 4 is 16.0 Å². The molecule has 0 amide bonds. The van der Waals surface area contributed by atoms with Gasteiger partial charge in [0.15, 0.2) is 6.79 Å². The summed E-state index contributed by atoms with van der Waals surface area (Å²) >= 11 is 0. The Labute approximate surface area is 180 Å². The second-order valence-electron chi connectivity index (χ2n) is 7.58. The van der Waals surface area contributed by atoms with Gasteiger partial charge in [0.25, 0.3) is 0 Å². The van der Waals surface area contributed by atoms with Crippen LogP contribution < -0.4 is 4.74 Å². The number of esters is 1. The first-order chi connectivity index (χ1) is 14.9. The molecule has 0 spiro atoms. The summed E-state index contributed by atoms with van der Waals surface area (Å²) in [6, 6.07) is 8.27. The fourth-order valence-electron chi connectivity index (χ4n) is 3.78. The lowest BCUT2D eigenvalue weighted by Crippen LogP contribution is -2.31. The highest BCUT2D eigenvalue weighted by Crippen LogP contribution is 2.30. The van der Waals surface area contributed by atoms with Crippen molar-refractivity contribution in [3.8, 4) is 5.75 Å². The van der Waals surface area contributed by atoms with Gasteiger partial charge in [-0.2, -0.15) is 4.31 Å². The Balaban J connectivity index is 1.44. The predicted molar refractivity (Wildman–Crippen MR) is 109 cm³/mol. The summed E-state index contributed by atoms with van der Waals surface area (Å²) < 4.78 is 56.9. The second-order valence-corrected chi connectivity index (χ2v) is 9.52. The third-order valence-electron chi connectivity index (χ3n) is 5.40. The van der Waals surface area contributed by atoms with E-state index >= 15 is 0 Å². The van der Waals surface area contributed by atoms with Crippen LogP contribution in [-0.4, -0.2) is 38.6 Å². The minimum absolute atomic E-state index is 0.0481. The topological polar surface area (TPSA) is 82.1 Å². The van der Waals surface area contributed by atoms with Crippen molar-refractivity contribution in [3.63, 3.8) is 0 Å². The van der Waals surface area contributed by atoms with E-state index in [2.05, 4.69) is 0 Å². The van der Waals surface area contributed by atoms with Gasteiger partial charge in [0.2, 0.25) is 10.0 Å². The Hall–Kier alpha value is -2.49. The number of hydrogen-bond donors (Lipinski definition) is 0. The zero-order chi connectivity index (χ0) is 21.8. The third-order valence-corrected chi connectivity index (χ3v) is 7.32. The number of ether oxygens (including phenoxy) is 3. The quantitative estimate of drug-likeness (QED) is 0.649. The molecule has 0 saturated carbocycles. The molecule has 4 rings (SSSR count). The van der Waals surface area contributed by atoms with E-state index in [1.807, 2.05) is 0 Å². The Morgan fingerprint density at radius 2 is 1.77 bits per heavy atom. The maximum atomic E-state index is 13.8. The van der Waals surface area contributed by atoms with Gasteiger partial charge in [0.05, 0.1) is 17.1 Å². The summed E-state index contributed by atoms with van der Waals surface area (Å²) in [6.45, 7) is 1.12. The molecule has 0 aromatic heterocycles. The van der Waals surface area contributed by atoms with Crippen molar-refractivity contribution in [1.82, 2.24) is 4.31 Å². The molecule has 0 bridgehead atoms. The summed E-state index contributed by atoms with van der Waals surface area (Å²) in [5.41, 5.74) is 1.18. The monoisotopic (exact) mass is 449 g/mol. The van der Waals surface area contributed by atoms with E-state index in [0.717, 1.165) is 25.7 Å². The maximum Gasteiger partial charge on any atom is 0.338 e. The summed E-state index contributed by atoms with van der Waals surface area (Å²) in [4.78, 5) is 12.6. The van der Waals surface area contributed by atoms with Crippen LogP contribution in [0.5, 0.6) is 5.75 Å². The molecule has 0 aliphatic carbocycles. The van der Waals surface area contributed by atoms with Gasteiger partial charge in [-0.3, -0.25) is 0 Å². The highest BCUT2D eigenvalue weighted by atomic mass is 32.2. The zero-order valence-electron chi connectivity index (χ0n) is 17.0. The molecular formula is C22H24FNO6S. The zero-order valence-corrected chi connectivity index (χ0v) is 17.8. The molecule has 0 radical (unpaired) electrons. The lowest BCUT2D eigenvalue weighted by atomic mass is 10.1. The molecule has 2 aromatic rings. The van der Waals surface area contributed by atoms with E-state index in [1.54, 1.807) is 0 Å². The molecule has 31 heavy (non-hydrogen) atoms. The third kappa shape index (κ3) is 4.89. The lowest BCUT2D eigenvalue weighted by molar-refractivity contribution is -0.0183. The molecule has 1 fully saturated rings. The molecule has 0 atom stereocenters. The van der Waals surface area contributed by atoms with Crippen LogP contribution >= 0.6 is 0 Å². The number of rotatable bonds is 5. The highest BCUT2D eigenvalue weighted by Gasteiger charge is 2.25. The van der Waals surface area contributed by atoms with E-state index in [0.29, 0.717) is 30.0 Å². The van der Waals surface area contributed by atoms with Gasteiger partial charge < -0.3 is 14.2 Å². The number of nitrogens with zero attached hydrogens (tertiary/aromatic N) is 1. The minimum atomic E-state index is -3.59. The normalized spacial score (nSPS) is 17.3. The molecule has 7 nitrogen and oxygen atoms in total. The summed E-state index contributed by atoms with van der Waals surface area (Å²) in [6.07, 6.45) is 3.76. The van der Waals surface area contributed by atoms with Gasteiger partial charge in [0, 0.05) is 24.2 Å². The van der Waals surface area contributed by atoms with Crippen molar-refractivity contribution in [2.24, 2.45) is 0 Å². The van der Waals surface area contributed by atoms with Gasteiger partial charge in [-0.1, -0.05) is 12.8 Å². The average molecular weight is 450 g/mol. The molecule has 2 aliphatic rings. The molecule has 166 valence electrons. The second kappa shape index (κ2) is 9.33. The Kier molecular flexibility index (Phi) is 6.54. The number of hydrogen-bond acceptors (Lipinski definition) is 6. The summed E-state index contributed by atoms with van der Waals surface area (Å²) in [5.74, 6) is -0.648. The fraction of sp³-hybridized carbons (Fsp3) is 0.409. The van der Waals surface area contributed by atoms with Crippen molar-refractivity contribution in [2.75, 3.05) is 19.9 Å². The molecule has 9 heteroatoms. The molecular weight excluding hydrogens is 425 g/mol. The number of sulfonamides is 1. The first kappa shape index (κ1) is 21.7. The van der Waals surface area contributed by atoms with Crippen LogP contribution in [0.3, 0.4) is 0 Å². The van der Waals surface area contributed by atoms with E-state index in [9.17, 15) is 17.6 Å². The van der Waals surface area contributed by atoms with Gasteiger partial charge >= 0.3 is 5.97 Å². The molecule has 0 unspecified atom stereocenters. The number of carbonyl (C=O) groups is 1. The van der Waals surface area contributed by atoms with Crippen molar-refractivity contribution in [3.05, 3.63) is 58.9 Å². The number of fused-ring (bicyclic) bond motifs is 1. The van der Waals surface area contributed by atoms with Crippen molar-refractivity contribution in [1.29, 1.82) is 0 Å². The van der Waals surface area contributed by atoms with E-state index < -0.39 is 21.8 Å². The molecule has 0 N–H and O–H groups in total. The van der Waals surface area contributed by atoms with E-state index in [4.69, 9.17) is 14.2 Å². The van der Waals surface area contributed by atoms with Crippen LogP contribution in [0.25, 0.3) is 0 Å². The SMILES string of the molecule is O=C(OCc1cc(F)cc2c1OCOC2)c1ccc(S(=O)(=O)N2CCCCCC2)cc1. The van der Waals surface area contributed by atoms with Gasteiger partial charge in [-0.05, 0) is 49.2 Å². The van der Waals surface area contributed by atoms with Gasteiger partial charge in [0.1, 0.15) is 18.2 Å². The van der Waals surface area contributed by atoms with Crippen LogP contribution in [0, 0.1) is 5.82 Å². The highest BCUT2D eigenvalue weighted by molar-refractivity contribution is 7.89. The van der Waals surface area contributed by atoms with Crippen LogP contribution in [0.4, 0.5) is 4.39 Å². The van der Waals surface area contributed by atoms with Crippen LogP contribution in [-0.2, 0) is 32.7 Å².